The lowest BCUT2D eigenvalue weighted by Crippen LogP contribution is -2.30. The van der Waals surface area contributed by atoms with Crippen LogP contribution < -0.4 is 27.2 Å². The molecular weight excluding hydrogens is 496 g/mol. The second kappa shape index (κ2) is 11.2. The number of rotatable bonds is 10. The maximum absolute atomic E-state index is 13.5. The summed E-state index contributed by atoms with van der Waals surface area (Å²) >= 11 is 1.43. The molecule has 9 nitrogen and oxygen atoms in total. The van der Waals surface area contributed by atoms with Crippen LogP contribution in [0.2, 0.25) is 0 Å². The van der Waals surface area contributed by atoms with E-state index >= 15 is 0 Å². The minimum absolute atomic E-state index is 0.0249. The van der Waals surface area contributed by atoms with Crippen LogP contribution >= 0.6 is 11.3 Å². The number of nitrogens with zero attached hydrogens (tertiary/aromatic N) is 1. The number of nitrogens with one attached hydrogen (secondary N) is 2. The molecule has 36 heavy (non-hydrogen) atoms. The zero-order valence-electron chi connectivity index (χ0n) is 19.4. The Labute approximate surface area is 213 Å². The molecule has 0 saturated heterocycles. The molecule has 0 aliphatic carbocycles. The standard InChI is InChI=1S/C25H28N6O3S2/c26-12-11-23(32)29-18-7-4-8-19(15-18)36(33,34)31-21(14-16-5-3-6-17(13-16)24(27)28)25-30-20-9-1-2-10-22(20)35-25/h1-10,13,15,21,24,31H,11-12,14,26-28H2,(H,29,32). The topological polar surface area (TPSA) is 166 Å². The SMILES string of the molecule is NCCC(=O)Nc1cccc(S(=O)(=O)NC(Cc2cccc(C(N)N)c2)c2nc3ccccc3s2)c1. The summed E-state index contributed by atoms with van der Waals surface area (Å²) < 4.78 is 30.7. The average molecular weight is 525 g/mol. The molecule has 4 rings (SSSR count). The number of nitrogens with two attached hydrogens (primary N) is 3. The lowest BCUT2D eigenvalue weighted by molar-refractivity contribution is -0.116. The zero-order valence-corrected chi connectivity index (χ0v) is 21.1. The lowest BCUT2D eigenvalue weighted by atomic mass is 10.0. The number of benzene rings is 3. The van der Waals surface area contributed by atoms with E-state index in [2.05, 4.69) is 10.0 Å². The predicted octanol–water partition coefficient (Wildman–Crippen LogP) is 2.76. The molecule has 0 radical (unpaired) electrons. The molecular formula is C25H28N6O3S2. The van der Waals surface area contributed by atoms with E-state index in [1.807, 2.05) is 48.5 Å². The summed E-state index contributed by atoms with van der Waals surface area (Å²) in [7, 11) is -3.97. The quantitative estimate of drug-likeness (QED) is 0.199. The van der Waals surface area contributed by atoms with Gasteiger partial charge in [-0.05, 0) is 47.9 Å². The highest BCUT2D eigenvalue weighted by molar-refractivity contribution is 7.89. The first-order valence-corrected chi connectivity index (χ1v) is 13.6. The van der Waals surface area contributed by atoms with Gasteiger partial charge >= 0.3 is 0 Å². The Balaban J connectivity index is 1.66. The summed E-state index contributed by atoms with van der Waals surface area (Å²) in [6.45, 7) is 0.200. The van der Waals surface area contributed by atoms with E-state index in [0.29, 0.717) is 17.1 Å². The second-order valence-corrected chi connectivity index (χ2v) is 11.1. The molecule has 0 saturated carbocycles. The Kier molecular flexibility index (Phi) is 8.09. The molecule has 11 heteroatoms. The van der Waals surface area contributed by atoms with Crippen molar-refractivity contribution in [2.45, 2.75) is 29.9 Å². The summed E-state index contributed by atoms with van der Waals surface area (Å²) in [5.74, 6) is -0.287. The van der Waals surface area contributed by atoms with Gasteiger partial charge in [-0.3, -0.25) is 4.79 Å². The van der Waals surface area contributed by atoms with E-state index in [0.717, 1.165) is 21.3 Å². The van der Waals surface area contributed by atoms with Crippen molar-refractivity contribution >= 4 is 43.2 Å². The third-order valence-corrected chi connectivity index (χ3v) is 8.10. The fraction of sp³-hybridized carbons (Fsp3) is 0.200. The third kappa shape index (κ3) is 6.32. The molecule has 0 bridgehead atoms. The van der Waals surface area contributed by atoms with Crippen LogP contribution in [0.3, 0.4) is 0 Å². The van der Waals surface area contributed by atoms with E-state index in [1.165, 1.54) is 23.5 Å². The van der Waals surface area contributed by atoms with Crippen molar-refractivity contribution in [3.63, 3.8) is 0 Å². The number of para-hydroxylation sites is 1. The van der Waals surface area contributed by atoms with Crippen molar-refractivity contribution in [1.29, 1.82) is 0 Å². The van der Waals surface area contributed by atoms with E-state index in [4.69, 9.17) is 22.2 Å². The zero-order chi connectivity index (χ0) is 25.7. The third-order valence-electron chi connectivity index (χ3n) is 5.48. The van der Waals surface area contributed by atoms with Crippen molar-refractivity contribution in [1.82, 2.24) is 9.71 Å². The molecule has 1 atom stereocenters. The second-order valence-electron chi connectivity index (χ2n) is 8.28. The van der Waals surface area contributed by atoms with Crippen molar-refractivity contribution in [2.75, 3.05) is 11.9 Å². The monoisotopic (exact) mass is 524 g/mol. The minimum Gasteiger partial charge on any atom is -0.330 e. The number of aromatic nitrogens is 1. The first-order valence-electron chi connectivity index (χ1n) is 11.3. The van der Waals surface area contributed by atoms with Crippen molar-refractivity contribution in [2.24, 2.45) is 17.2 Å². The molecule has 0 aliphatic rings. The highest BCUT2D eigenvalue weighted by Crippen LogP contribution is 2.30. The summed E-state index contributed by atoms with van der Waals surface area (Å²) in [4.78, 5) is 16.6. The number of carbonyl (C=O) groups is 1. The van der Waals surface area contributed by atoms with Gasteiger partial charge in [-0.2, -0.15) is 0 Å². The fourth-order valence-electron chi connectivity index (χ4n) is 3.73. The van der Waals surface area contributed by atoms with Crippen LogP contribution in [0.4, 0.5) is 5.69 Å². The molecule has 4 aromatic rings. The molecule has 1 aromatic heterocycles. The molecule has 0 aliphatic heterocycles. The Morgan fingerprint density at radius 2 is 1.78 bits per heavy atom. The van der Waals surface area contributed by atoms with Gasteiger partial charge in [0, 0.05) is 18.7 Å². The molecule has 1 amide bonds. The van der Waals surface area contributed by atoms with E-state index < -0.39 is 22.2 Å². The Hall–Kier alpha value is -3.19. The first-order chi connectivity index (χ1) is 17.2. The fourth-order valence-corrected chi connectivity index (χ4v) is 6.07. The van der Waals surface area contributed by atoms with Crippen molar-refractivity contribution < 1.29 is 13.2 Å². The highest BCUT2D eigenvalue weighted by atomic mass is 32.2. The van der Waals surface area contributed by atoms with Gasteiger partial charge in [0.25, 0.3) is 0 Å². The summed E-state index contributed by atoms with van der Waals surface area (Å²) in [6.07, 6.45) is -0.160. The molecule has 1 heterocycles. The van der Waals surface area contributed by atoms with Crippen molar-refractivity contribution in [3.8, 4) is 0 Å². The number of fused-ring (bicyclic) bond motifs is 1. The lowest BCUT2D eigenvalue weighted by Gasteiger charge is -2.18. The maximum Gasteiger partial charge on any atom is 0.241 e. The Bertz CT molecular complexity index is 1440. The largest absolute Gasteiger partial charge is 0.330 e. The van der Waals surface area contributed by atoms with Crippen LogP contribution in [-0.4, -0.2) is 25.9 Å². The Morgan fingerprint density at radius 3 is 2.53 bits per heavy atom. The summed E-state index contributed by atoms with van der Waals surface area (Å²) in [5, 5.41) is 3.30. The van der Waals surface area contributed by atoms with Gasteiger partial charge in [0.15, 0.2) is 0 Å². The van der Waals surface area contributed by atoms with Crippen LogP contribution in [-0.2, 0) is 21.2 Å². The van der Waals surface area contributed by atoms with Crippen LogP contribution in [0.1, 0.15) is 34.8 Å². The smallest absolute Gasteiger partial charge is 0.241 e. The average Bonchev–Trinajstić information content (AvgIpc) is 3.28. The van der Waals surface area contributed by atoms with E-state index in [9.17, 15) is 13.2 Å². The van der Waals surface area contributed by atoms with E-state index in [-0.39, 0.29) is 23.8 Å². The van der Waals surface area contributed by atoms with Gasteiger partial charge < -0.3 is 22.5 Å². The van der Waals surface area contributed by atoms with Gasteiger partial charge in [-0.15, -0.1) is 11.3 Å². The molecule has 1 unspecified atom stereocenters. The Morgan fingerprint density at radius 1 is 1.00 bits per heavy atom. The number of thiazole rings is 1. The number of carbonyl (C=O) groups excluding carboxylic acids is 1. The number of hydrogen-bond donors (Lipinski definition) is 5. The van der Waals surface area contributed by atoms with Crippen LogP contribution in [0.5, 0.6) is 0 Å². The van der Waals surface area contributed by atoms with Gasteiger partial charge in [0.1, 0.15) is 5.01 Å². The van der Waals surface area contributed by atoms with E-state index in [1.54, 1.807) is 12.1 Å². The predicted molar refractivity (Wildman–Crippen MR) is 143 cm³/mol. The van der Waals surface area contributed by atoms with Crippen LogP contribution in [0.15, 0.2) is 77.7 Å². The van der Waals surface area contributed by atoms with Crippen molar-refractivity contribution in [3.05, 3.63) is 88.9 Å². The molecule has 8 N–H and O–H groups in total. The number of amides is 1. The summed E-state index contributed by atoms with van der Waals surface area (Å²) in [5.41, 5.74) is 19.9. The molecule has 0 spiro atoms. The molecule has 188 valence electrons. The maximum atomic E-state index is 13.5. The first kappa shape index (κ1) is 25.9. The number of sulfonamides is 1. The highest BCUT2D eigenvalue weighted by Gasteiger charge is 2.25. The normalized spacial score (nSPS) is 12.7. The molecule has 0 fully saturated rings. The van der Waals surface area contributed by atoms with Gasteiger partial charge in [-0.1, -0.05) is 42.5 Å². The number of anilines is 1. The summed E-state index contributed by atoms with van der Waals surface area (Å²) in [6, 6.07) is 20.5. The van der Waals surface area contributed by atoms with Gasteiger partial charge in [0.05, 0.1) is 27.3 Å². The minimum atomic E-state index is -3.97. The molecule has 3 aromatic carbocycles. The number of hydrogen-bond acceptors (Lipinski definition) is 8. The van der Waals surface area contributed by atoms with Crippen LogP contribution in [0, 0.1) is 0 Å². The van der Waals surface area contributed by atoms with Gasteiger partial charge in [-0.25, -0.2) is 18.1 Å². The van der Waals surface area contributed by atoms with Crippen LogP contribution in [0.25, 0.3) is 10.2 Å². The van der Waals surface area contributed by atoms with Gasteiger partial charge in [0.2, 0.25) is 15.9 Å².